The summed E-state index contributed by atoms with van der Waals surface area (Å²) in [7, 11) is 0. The Morgan fingerprint density at radius 3 is 2.33 bits per heavy atom. The van der Waals surface area contributed by atoms with Crippen molar-refractivity contribution in [3.63, 3.8) is 0 Å². The van der Waals surface area contributed by atoms with Gasteiger partial charge in [-0.05, 0) is 18.4 Å². The van der Waals surface area contributed by atoms with Gasteiger partial charge in [-0.1, -0.05) is 30.3 Å². The minimum atomic E-state index is -0.913. The Labute approximate surface area is 111 Å². The fourth-order valence-corrected chi connectivity index (χ4v) is 1.48. The van der Waals surface area contributed by atoms with Crippen LogP contribution < -0.4 is 11.5 Å². The van der Waals surface area contributed by atoms with Crippen LogP contribution in [0.2, 0.25) is 0 Å². The summed E-state index contributed by atoms with van der Waals surface area (Å²) in [5.41, 5.74) is 11.2. The van der Waals surface area contributed by atoms with Gasteiger partial charge >= 0.3 is 5.97 Å². The molecule has 0 fully saturated rings. The van der Waals surface area contributed by atoms with Crippen molar-refractivity contribution in [1.29, 1.82) is 5.41 Å². The van der Waals surface area contributed by atoms with Crippen LogP contribution >= 0.6 is 11.8 Å². The van der Waals surface area contributed by atoms with E-state index in [1.54, 1.807) is 11.8 Å². The molecule has 0 saturated carbocycles. The summed E-state index contributed by atoms with van der Waals surface area (Å²) in [6.07, 6.45) is 2.48. The molecule has 1 aromatic rings. The van der Waals surface area contributed by atoms with Crippen LogP contribution in [0.3, 0.4) is 0 Å². The molecule has 6 heteroatoms. The average Bonchev–Trinajstić information content (AvgIpc) is 2.37. The van der Waals surface area contributed by atoms with Gasteiger partial charge in [0.25, 0.3) is 0 Å². The van der Waals surface area contributed by atoms with E-state index >= 15 is 0 Å². The number of carboxylic acids is 1. The van der Waals surface area contributed by atoms with Gasteiger partial charge in [0, 0.05) is 5.56 Å². The number of amidine groups is 1. The highest BCUT2D eigenvalue weighted by Crippen LogP contribution is 1.97. The second-order valence-corrected chi connectivity index (χ2v) is 4.49. The molecular formula is C12H19N3O2S. The molecule has 0 radical (unpaired) electrons. The Morgan fingerprint density at radius 2 is 2.00 bits per heavy atom. The number of thioether (sulfide) groups is 1. The van der Waals surface area contributed by atoms with E-state index in [-0.39, 0.29) is 5.84 Å². The zero-order chi connectivity index (χ0) is 14.0. The van der Waals surface area contributed by atoms with Crippen LogP contribution in [0.4, 0.5) is 0 Å². The molecule has 0 spiro atoms. The normalized spacial score (nSPS) is 11.0. The highest BCUT2D eigenvalue weighted by atomic mass is 32.2. The monoisotopic (exact) mass is 269 g/mol. The maximum absolute atomic E-state index is 10.1. The van der Waals surface area contributed by atoms with Gasteiger partial charge in [0.1, 0.15) is 11.9 Å². The van der Waals surface area contributed by atoms with Gasteiger partial charge in [0.05, 0.1) is 0 Å². The van der Waals surface area contributed by atoms with E-state index in [0.29, 0.717) is 6.42 Å². The molecule has 0 amide bonds. The van der Waals surface area contributed by atoms with Crippen LogP contribution in [-0.4, -0.2) is 35.0 Å². The van der Waals surface area contributed by atoms with Gasteiger partial charge < -0.3 is 16.6 Å². The quantitative estimate of drug-likeness (QED) is 0.472. The summed E-state index contributed by atoms with van der Waals surface area (Å²) in [6.45, 7) is 0. The van der Waals surface area contributed by atoms with Crippen molar-refractivity contribution in [2.24, 2.45) is 11.5 Å². The van der Waals surface area contributed by atoms with Crippen LogP contribution in [0, 0.1) is 5.41 Å². The number of carboxylic acid groups (broad SMARTS) is 1. The maximum Gasteiger partial charge on any atom is 0.320 e. The van der Waals surface area contributed by atoms with Crippen molar-refractivity contribution in [1.82, 2.24) is 0 Å². The van der Waals surface area contributed by atoms with Gasteiger partial charge in [0.15, 0.2) is 0 Å². The van der Waals surface area contributed by atoms with Gasteiger partial charge in [-0.2, -0.15) is 11.8 Å². The second-order valence-electron chi connectivity index (χ2n) is 3.51. The first-order valence-electron chi connectivity index (χ1n) is 5.35. The zero-order valence-corrected chi connectivity index (χ0v) is 11.1. The summed E-state index contributed by atoms with van der Waals surface area (Å²) in [5.74, 6) is 0.0210. The fourth-order valence-electron chi connectivity index (χ4n) is 0.986. The molecule has 0 aliphatic rings. The van der Waals surface area contributed by atoms with Crippen LogP contribution in [0.15, 0.2) is 30.3 Å². The summed E-state index contributed by atoms with van der Waals surface area (Å²) in [4.78, 5) is 10.1. The molecule has 1 rings (SSSR count). The van der Waals surface area contributed by atoms with E-state index in [9.17, 15) is 4.79 Å². The molecule has 18 heavy (non-hydrogen) atoms. The van der Waals surface area contributed by atoms with E-state index in [1.807, 2.05) is 36.6 Å². The third-order valence-corrected chi connectivity index (χ3v) is 2.68. The largest absolute Gasteiger partial charge is 0.480 e. The molecule has 1 aromatic carbocycles. The number of nitrogens with two attached hydrogens (primary N) is 2. The predicted molar refractivity (Wildman–Crippen MR) is 76.1 cm³/mol. The first-order chi connectivity index (χ1) is 8.49. The minimum absolute atomic E-state index is 0.121. The molecule has 0 bridgehead atoms. The number of aliphatic carboxylic acids is 1. The molecule has 0 aromatic heterocycles. The Kier molecular flexibility index (Phi) is 8.69. The summed E-state index contributed by atoms with van der Waals surface area (Å²) < 4.78 is 0. The van der Waals surface area contributed by atoms with Crippen LogP contribution in [0.5, 0.6) is 0 Å². The van der Waals surface area contributed by atoms with E-state index < -0.39 is 12.0 Å². The van der Waals surface area contributed by atoms with Crippen LogP contribution in [0.1, 0.15) is 12.0 Å². The van der Waals surface area contributed by atoms with Crippen molar-refractivity contribution in [2.75, 3.05) is 12.0 Å². The first kappa shape index (κ1) is 16.5. The topological polar surface area (TPSA) is 113 Å². The zero-order valence-electron chi connectivity index (χ0n) is 10.3. The maximum atomic E-state index is 10.1. The molecule has 0 heterocycles. The van der Waals surface area contributed by atoms with Crippen LogP contribution in [-0.2, 0) is 4.79 Å². The average molecular weight is 269 g/mol. The molecule has 0 saturated heterocycles. The minimum Gasteiger partial charge on any atom is -0.480 e. The fraction of sp³-hybridized carbons (Fsp3) is 0.333. The van der Waals surface area contributed by atoms with E-state index in [4.69, 9.17) is 22.0 Å². The number of hydrogen-bond donors (Lipinski definition) is 4. The number of carbonyl (C=O) groups is 1. The Morgan fingerprint density at radius 1 is 1.44 bits per heavy atom. The lowest BCUT2D eigenvalue weighted by Crippen LogP contribution is -2.30. The third-order valence-electron chi connectivity index (χ3n) is 2.03. The second kappa shape index (κ2) is 9.49. The lowest BCUT2D eigenvalue weighted by Gasteiger charge is -2.02. The summed E-state index contributed by atoms with van der Waals surface area (Å²) in [6, 6.07) is 8.54. The number of rotatable bonds is 5. The van der Waals surface area contributed by atoms with Crippen molar-refractivity contribution < 1.29 is 9.90 Å². The molecule has 5 nitrogen and oxygen atoms in total. The van der Waals surface area contributed by atoms with Gasteiger partial charge in [0.2, 0.25) is 0 Å². The number of nitrogen functional groups attached to an aromatic ring is 1. The molecule has 1 atom stereocenters. The number of nitrogens with one attached hydrogen (secondary N) is 1. The third kappa shape index (κ3) is 7.70. The molecule has 100 valence electrons. The van der Waals surface area contributed by atoms with Gasteiger partial charge in [-0.3, -0.25) is 10.2 Å². The number of benzene rings is 1. The van der Waals surface area contributed by atoms with Crippen LogP contribution in [0.25, 0.3) is 0 Å². The van der Waals surface area contributed by atoms with Gasteiger partial charge in [-0.15, -0.1) is 0 Å². The molecule has 0 aliphatic heterocycles. The highest BCUT2D eigenvalue weighted by molar-refractivity contribution is 7.98. The van der Waals surface area contributed by atoms with E-state index in [0.717, 1.165) is 11.3 Å². The van der Waals surface area contributed by atoms with E-state index in [1.165, 1.54) is 0 Å². The SMILES string of the molecule is CSCC[C@H](N)C(=O)O.N=C(N)c1ccccc1. The molecular weight excluding hydrogens is 250 g/mol. The standard InChI is InChI=1S/C7H8N2.C5H11NO2S/c8-7(9)6-4-2-1-3-5-6;1-9-3-2-4(6)5(7)8/h1-5H,(H3,8,9);4H,2-3,6H2,1H3,(H,7,8)/t;4-/m.0/s1. The summed E-state index contributed by atoms with van der Waals surface area (Å²) in [5, 5.41) is 15.3. The van der Waals surface area contributed by atoms with Crippen molar-refractivity contribution >= 4 is 23.6 Å². The molecule has 0 aliphatic carbocycles. The smallest absolute Gasteiger partial charge is 0.320 e. The molecule has 0 unspecified atom stereocenters. The lowest BCUT2D eigenvalue weighted by molar-refractivity contribution is -0.138. The number of hydrogen-bond acceptors (Lipinski definition) is 4. The van der Waals surface area contributed by atoms with Gasteiger partial charge in [-0.25, -0.2) is 0 Å². The van der Waals surface area contributed by atoms with Crippen molar-refractivity contribution in [3.05, 3.63) is 35.9 Å². The summed E-state index contributed by atoms with van der Waals surface area (Å²) >= 11 is 1.60. The first-order valence-corrected chi connectivity index (χ1v) is 6.75. The van der Waals surface area contributed by atoms with E-state index in [2.05, 4.69) is 0 Å². The predicted octanol–water partition coefficient (Wildman–Crippen LogP) is 1.12. The van der Waals surface area contributed by atoms with Crippen molar-refractivity contribution in [3.8, 4) is 0 Å². The molecule has 6 N–H and O–H groups in total. The van der Waals surface area contributed by atoms with Crippen molar-refractivity contribution in [2.45, 2.75) is 12.5 Å². The highest BCUT2D eigenvalue weighted by Gasteiger charge is 2.08. The Balaban J connectivity index is 0.000000321. The Hall–Kier alpha value is -1.53. The lowest BCUT2D eigenvalue weighted by atomic mass is 10.2. The Bertz CT molecular complexity index is 371.